The molecule has 344 valence electrons. The summed E-state index contributed by atoms with van der Waals surface area (Å²) >= 11 is 0. The largest absolute Gasteiger partial charge is 0.462 e. The van der Waals surface area contributed by atoms with E-state index in [1.807, 2.05) is 0 Å². The van der Waals surface area contributed by atoms with Crippen LogP contribution in [0.5, 0.6) is 0 Å². The van der Waals surface area contributed by atoms with Crippen LogP contribution in [0.2, 0.25) is 0 Å². The summed E-state index contributed by atoms with van der Waals surface area (Å²) in [6.45, 7) is 11.3. The van der Waals surface area contributed by atoms with Gasteiger partial charge in [-0.3, -0.25) is 14.4 Å². The molecule has 0 radical (unpaired) electrons. The molecule has 0 aromatic heterocycles. The summed E-state index contributed by atoms with van der Waals surface area (Å²) in [6.07, 6.45) is 45.2. The van der Waals surface area contributed by atoms with E-state index in [4.69, 9.17) is 14.2 Å². The standard InChI is InChI=1S/C52H100O6/c1-6-8-9-10-11-12-13-14-15-16-17-18-19-20-27-32-37-42-50(53)56-45-49(46-57-51(54)43-38-33-28-23-21-25-30-35-40-47(3)4)58-52(55)44-39-34-29-24-22-26-31-36-41-48(5)7-2/h47-49H,6-46H2,1-5H3/t48?,49-/m1/s1. The van der Waals surface area contributed by atoms with Crippen LogP contribution in [0, 0.1) is 11.8 Å². The van der Waals surface area contributed by atoms with Crippen LogP contribution in [0.3, 0.4) is 0 Å². The van der Waals surface area contributed by atoms with Crippen molar-refractivity contribution in [2.75, 3.05) is 13.2 Å². The molecule has 58 heavy (non-hydrogen) atoms. The molecule has 0 aliphatic rings. The van der Waals surface area contributed by atoms with Crippen LogP contribution >= 0.6 is 0 Å². The molecule has 0 aliphatic heterocycles. The Morgan fingerprint density at radius 2 is 0.655 bits per heavy atom. The summed E-state index contributed by atoms with van der Waals surface area (Å²) in [6, 6.07) is 0. The molecule has 0 saturated heterocycles. The Morgan fingerprint density at radius 3 is 0.983 bits per heavy atom. The number of ether oxygens (including phenoxy) is 3. The molecule has 0 fully saturated rings. The summed E-state index contributed by atoms with van der Waals surface area (Å²) in [4.78, 5) is 37.9. The van der Waals surface area contributed by atoms with Gasteiger partial charge < -0.3 is 14.2 Å². The van der Waals surface area contributed by atoms with Crippen LogP contribution < -0.4 is 0 Å². The lowest BCUT2D eigenvalue weighted by atomic mass is 9.99. The number of hydrogen-bond donors (Lipinski definition) is 0. The molecule has 0 N–H and O–H groups in total. The Morgan fingerprint density at radius 1 is 0.362 bits per heavy atom. The van der Waals surface area contributed by atoms with Crippen LogP contribution in [0.25, 0.3) is 0 Å². The Balaban J connectivity index is 4.29. The normalized spacial score (nSPS) is 12.5. The lowest BCUT2D eigenvalue weighted by Gasteiger charge is -2.18. The average Bonchev–Trinajstić information content (AvgIpc) is 3.21. The van der Waals surface area contributed by atoms with Crippen LogP contribution in [0.1, 0.15) is 285 Å². The second-order valence-electron chi connectivity index (χ2n) is 18.5. The predicted molar refractivity (Wildman–Crippen MR) is 247 cm³/mol. The molecule has 0 aromatic carbocycles. The van der Waals surface area contributed by atoms with Gasteiger partial charge in [0, 0.05) is 19.3 Å². The van der Waals surface area contributed by atoms with E-state index in [1.54, 1.807) is 0 Å². The highest BCUT2D eigenvalue weighted by atomic mass is 16.6. The van der Waals surface area contributed by atoms with Crippen LogP contribution in [-0.2, 0) is 28.6 Å². The molecule has 0 amide bonds. The van der Waals surface area contributed by atoms with Gasteiger partial charge in [0.2, 0.25) is 0 Å². The molecule has 6 nitrogen and oxygen atoms in total. The number of carbonyl (C=O) groups is 3. The third-order valence-corrected chi connectivity index (χ3v) is 12.1. The first kappa shape index (κ1) is 56.4. The van der Waals surface area contributed by atoms with Gasteiger partial charge in [-0.1, -0.05) is 247 Å². The van der Waals surface area contributed by atoms with E-state index in [-0.39, 0.29) is 31.1 Å². The van der Waals surface area contributed by atoms with Crippen molar-refractivity contribution in [2.24, 2.45) is 11.8 Å². The van der Waals surface area contributed by atoms with Crippen LogP contribution in [-0.4, -0.2) is 37.2 Å². The molecule has 0 bridgehead atoms. The van der Waals surface area contributed by atoms with Crippen molar-refractivity contribution in [3.63, 3.8) is 0 Å². The SMILES string of the molecule is CCCCCCCCCCCCCCCCCCCC(=O)OC[C@H](COC(=O)CCCCCCCCCCC(C)C)OC(=O)CCCCCCCCCCC(C)CC. The van der Waals surface area contributed by atoms with Crippen molar-refractivity contribution < 1.29 is 28.6 Å². The minimum absolute atomic E-state index is 0.0645. The highest BCUT2D eigenvalue weighted by molar-refractivity contribution is 5.71. The average molecular weight is 821 g/mol. The molecule has 0 heterocycles. The van der Waals surface area contributed by atoms with E-state index in [0.717, 1.165) is 69.6 Å². The molecular weight excluding hydrogens is 721 g/mol. The summed E-state index contributed by atoms with van der Waals surface area (Å²) in [5.41, 5.74) is 0. The van der Waals surface area contributed by atoms with E-state index < -0.39 is 6.10 Å². The minimum atomic E-state index is -0.762. The van der Waals surface area contributed by atoms with E-state index in [2.05, 4.69) is 34.6 Å². The Labute approximate surface area is 361 Å². The van der Waals surface area contributed by atoms with Gasteiger partial charge in [-0.05, 0) is 31.1 Å². The first-order valence-corrected chi connectivity index (χ1v) is 25.8. The first-order chi connectivity index (χ1) is 28.3. The maximum atomic E-state index is 12.8. The number of unbranched alkanes of at least 4 members (excludes halogenated alkanes) is 30. The van der Waals surface area contributed by atoms with E-state index in [9.17, 15) is 14.4 Å². The van der Waals surface area contributed by atoms with Crippen molar-refractivity contribution in [3.05, 3.63) is 0 Å². The van der Waals surface area contributed by atoms with Crippen molar-refractivity contribution in [3.8, 4) is 0 Å². The van der Waals surface area contributed by atoms with Gasteiger partial charge in [-0.2, -0.15) is 0 Å². The number of rotatable bonds is 46. The third-order valence-electron chi connectivity index (χ3n) is 12.1. The fourth-order valence-corrected chi connectivity index (χ4v) is 7.78. The van der Waals surface area contributed by atoms with Gasteiger partial charge in [0.05, 0.1) is 0 Å². The smallest absolute Gasteiger partial charge is 0.306 e. The van der Waals surface area contributed by atoms with Gasteiger partial charge in [0.1, 0.15) is 13.2 Å². The monoisotopic (exact) mass is 821 g/mol. The molecular formula is C52H100O6. The van der Waals surface area contributed by atoms with E-state index in [1.165, 1.54) is 173 Å². The zero-order chi connectivity index (χ0) is 42.6. The summed E-state index contributed by atoms with van der Waals surface area (Å²) in [5.74, 6) is 0.789. The van der Waals surface area contributed by atoms with Gasteiger partial charge in [0.15, 0.2) is 6.10 Å². The molecule has 0 aliphatic carbocycles. The summed E-state index contributed by atoms with van der Waals surface area (Å²) in [5, 5.41) is 0. The topological polar surface area (TPSA) is 78.9 Å². The van der Waals surface area contributed by atoms with Crippen molar-refractivity contribution >= 4 is 17.9 Å². The van der Waals surface area contributed by atoms with E-state index in [0.29, 0.717) is 19.3 Å². The molecule has 1 unspecified atom stereocenters. The Hall–Kier alpha value is -1.59. The zero-order valence-electron chi connectivity index (χ0n) is 39.7. The second-order valence-corrected chi connectivity index (χ2v) is 18.5. The third kappa shape index (κ3) is 44.0. The number of esters is 3. The zero-order valence-corrected chi connectivity index (χ0v) is 39.7. The number of carbonyl (C=O) groups excluding carboxylic acids is 3. The minimum Gasteiger partial charge on any atom is -0.462 e. The first-order valence-electron chi connectivity index (χ1n) is 25.8. The molecule has 0 aromatic rings. The summed E-state index contributed by atoms with van der Waals surface area (Å²) < 4.78 is 16.8. The molecule has 0 spiro atoms. The fourth-order valence-electron chi connectivity index (χ4n) is 7.78. The number of hydrogen-bond acceptors (Lipinski definition) is 6. The molecule has 6 heteroatoms. The van der Waals surface area contributed by atoms with Gasteiger partial charge in [0.25, 0.3) is 0 Å². The maximum Gasteiger partial charge on any atom is 0.306 e. The second kappa shape index (κ2) is 44.9. The maximum absolute atomic E-state index is 12.8. The van der Waals surface area contributed by atoms with Gasteiger partial charge in [-0.25, -0.2) is 0 Å². The fraction of sp³-hybridized carbons (Fsp3) is 0.942. The van der Waals surface area contributed by atoms with Crippen molar-refractivity contribution in [1.29, 1.82) is 0 Å². The van der Waals surface area contributed by atoms with Gasteiger partial charge >= 0.3 is 17.9 Å². The lowest BCUT2D eigenvalue weighted by Crippen LogP contribution is -2.30. The summed E-state index contributed by atoms with van der Waals surface area (Å²) in [7, 11) is 0. The Kier molecular flexibility index (Phi) is 43.7. The van der Waals surface area contributed by atoms with Crippen molar-refractivity contribution in [1.82, 2.24) is 0 Å². The molecule has 0 saturated carbocycles. The van der Waals surface area contributed by atoms with Gasteiger partial charge in [-0.15, -0.1) is 0 Å². The highest BCUT2D eigenvalue weighted by Crippen LogP contribution is 2.18. The lowest BCUT2D eigenvalue weighted by molar-refractivity contribution is -0.167. The van der Waals surface area contributed by atoms with Crippen LogP contribution in [0.4, 0.5) is 0 Å². The molecule has 2 atom stereocenters. The van der Waals surface area contributed by atoms with E-state index >= 15 is 0 Å². The highest BCUT2D eigenvalue weighted by Gasteiger charge is 2.19. The Bertz CT molecular complexity index is 887. The van der Waals surface area contributed by atoms with Crippen LogP contribution in [0.15, 0.2) is 0 Å². The predicted octanol–water partition coefficient (Wildman–Crippen LogP) is 16.5. The quantitative estimate of drug-likeness (QED) is 0.0346. The molecule has 0 rings (SSSR count). The van der Waals surface area contributed by atoms with Crippen molar-refractivity contribution in [2.45, 2.75) is 291 Å².